The summed E-state index contributed by atoms with van der Waals surface area (Å²) in [6.45, 7) is 0.469. The van der Waals surface area contributed by atoms with E-state index in [9.17, 15) is 14.4 Å². The van der Waals surface area contributed by atoms with Crippen LogP contribution in [0.5, 0.6) is 11.6 Å². The van der Waals surface area contributed by atoms with Gasteiger partial charge in [-0.05, 0) is 55.3 Å². The number of anilines is 1. The van der Waals surface area contributed by atoms with Gasteiger partial charge >= 0.3 is 6.03 Å². The van der Waals surface area contributed by atoms with Gasteiger partial charge in [0, 0.05) is 30.6 Å². The van der Waals surface area contributed by atoms with E-state index in [1.165, 1.54) is 6.20 Å². The summed E-state index contributed by atoms with van der Waals surface area (Å²) in [4.78, 5) is 46.9. The first-order valence-corrected chi connectivity index (χ1v) is 11.5. The normalized spacial score (nSPS) is 16.5. The maximum atomic E-state index is 12.6. The van der Waals surface area contributed by atoms with Crippen LogP contribution in [0.15, 0.2) is 71.5 Å². The minimum absolute atomic E-state index is 0.298. The largest absolute Gasteiger partial charge is 0.439 e. The van der Waals surface area contributed by atoms with Gasteiger partial charge in [0.2, 0.25) is 17.7 Å². The molecule has 2 aliphatic rings. The Hall–Kier alpha value is -5.13. The molecule has 4 amide bonds. The molecule has 12 heteroatoms. The van der Waals surface area contributed by atoms with Gasteiger partial charge in [-0.2, -0.15) is 0 Å². The van der Waals surface area contributed by atoms with Crippen molar-refractivity contribution in [2.45, 2.75) is 18.4 Å². The third-order valence-corrected chi connectivity index (χ3v) is 6.28. The van der Waals surface area contributed by atoms with Gasteiger partial charge in [-0.1, -0.05) is 0 Å². The number of barbiturate groups is 1. The van der Waals surface area contributed by atoms with Crippen LogP contribution in [0.3, 0.4) is 0 Å². The molecule has 0 atom stereocenters. The van der Waals surface area contributed by atoms with Gasteiger partial charge in [-0.25, -0.2) is 9.78 Å². The summed E-state index contributed by atoms with van der Waals surface area (Å²) in [5, 5.41) is 12.6. The molecule has 0 radical (unpaired) electrons. The number of carbonyl (C=O) groups is 3. The average Bonchev–Trinajstić information content (AvgIpc) is 3.58. The fraction of sp³-hybridized carbons (Fsp3) is 0.160. The predicted molar refractivity (Wildman–Crippen MR) is 128 cm³/mol. The second kappa shape index (κ2) is 8.82. The highest BCUT2D eigenvalue weighted by Gasteiger charge is 2.57. The number of nitrogens with one attached hydrogen (secondary N) is 2. The Bertz CT molecular complexity index is 1470. The van der Waals surface area contributed by atoms with E-state index in [-0.39, 0.29) is 0 Å². The molecule has 0 unspecified atom stereocenters. The van der Waals surface area contributed by atoms with Crippen LogP contribution in [-0.4, -0.2) is 50.1 Å². The topological polar surface area (TPSA) is 152 Å². The van der Waals surface area contributed by atoms with E-state index in [2.05, 4.69) is 30.8 Å². The molecule has 3 aromatic heterocycles. The quantitative estimate of drug-likeness (QED) is 0.394. The van der Waals surface area contributed by atoms with Crippen LogP contribution in [0.1, 0.15) is 12.8 Å². The molecule has 1 spiro atoms. The molecule has 37 heavy (non-hydrogen) atoms. The number of amides is 4. The summed E-state index contributed by atoms with van der Waals surface area (Å²) in [5.41, 5.74) is 0.550. The van der Waals surface area contributed by atoms with Crippen LogP contribution in [0.25, 0.3) is 22.9 Å². The van der Waals surface area contributed by atoms with E-state index in [0.717, 1.165) is 11.1 Å². The smallest absolute Gasteiger partial charge is 0.328 e. The Labute approximate surface area is 209 Å². The number of ether oxygens (including phenoxy) is 1. The van der Waals surface area contributed by atoms with Crippen LogP contribution in [0.4, 0.5) is 10.5 Å². The molecule has 2 saturated heterocycles. The van der Waals surface area contributed by atoms with E-state index >= 15 is 0 Å². The Balaban J connectivity index is 1.16. The number of rotatable bonds is 5. The Kier molecular flexibility index (Phi) is 5.33. The lowest BCUT2D eigenvalue weighted by molar-refractivity contribution is -0.137. The predicted octanol–water partition coefficient (Wildman–Crippen LogP) is 2.69. The zero-order valence-corrected chi connectivity index (χ0v) is 19.2. The zero-order valence-electron chi connectivity index (χ0n) is 19.2. The third-order valence-electron chi connectivity index (χ3n) is 6.28. The molecule has 184 valence electrons. The first kappa shape index (κ1) is 22.3. The lowest BCUT2D eigenvalue weighted by Gasteiger charge is -2.38. The van der Waals surface area contributed by atoms with Crippen molar-refractivity contribution in [1.29, 1.82) is 0 Å². The zero-order chi connectivity index (χ0) is 25.4. The van der Waals surface area contributed by atoms with E-state index in [1.54, 1.807) is 59.8 Å². The standard InChI is InChI=1S/C25H19N7O5/c33-22-25(23(34)29-24(35)28-22)10-2-12-32(25)17-6-9-19(27-14-17)36-18-7-4-15(5-8-18)20-30-31-21(37-20)16-3-1-11-26-13-16/h1,3-9,11,13-14H,2,10,12H2,(H2,28,29,33,34,35). The SMILES string of the molecule is O=C1NC(=O)C2(CCCN2c2ccc(Oc3ccc(-c4nnc(-c5cccnc5)o4)cc3)nc2)C(=O)N1. The molecule has 1 aromatic carbocycles. The minimum Gasteiger partial charge on any atom is -0.439 e. The molecule has 0 saturated carbocycles. The number of hydrogen-bond donors (Lipinski definition) is 2. The second-order valence-corrected chi connectivity index (χ2v) is 8.49. The number of urea groups is 1. The van der Waals surface area contributed by atoms with E-state index in [1.807, 2.05) is 6.07 Å². The van der Waals surface area contributed by atoms with E-state index < -0.39 is 23.4 Å². The van der Waals surface area contributed by atoms with Crippen molar-refractivity contribution in [3.8, 4) is 34.5 Å². The summed E-state index contributed by atoms with van der Waals surface area (Å²) in [5.74, 6) is 0.348. The van der Waals surface area contributed by atoms with Gasteiger partial charge in [-0.3, -0.25) is 25.2 Å². The van der Waals surface area contributed by atoms with Crippen LogP contribution in [-0.2, 0) is 9.59 Å². The lowest BCUT2D eigenvalue weighted by atomic mass is 9.92. The van der Waals surface area contributed by atoms with Gasteiger partial charge in [0.15, 0.2) is 5.54 Å². The minimum atomic E-state index is -1.47. The number of carbonyl (C=O) groups excluding carboxylic acids is 3. The van der Waals surface area contributed by atoms with Crippen molar-refractivity contribution < 1.29 is 23.5 Å². The molecule has 0 bridgehead atoms. The molecule has 4 aromatic rings. The number of imide groups is 2. The van der Waals surface area contributed by atoms with Crippen LogP contribution < -0.4 is 20.3 Å². The van der Waals surface area contributed by atoms with Gasteiger partial charge in [0.05, 0.1) is 17.4 Å². The molecule has 2 aliphatic heterocycles. The molecule has 2 fully saturated rings. The number of benzene rings is 1. The Morgan fingerprint density at radius 3 is 2.32 bits per heavy atom. The lowest BCUT2D eigenvalue weighted by Crippen LogP contribution is -2.71. The summed E-state index contributed by atoms with van der Waals surface area (Å²) >= 11 is 0. The fourth-order valence-electron chi connectivity index (χ4n) is 4.51. The first-order valence-electron chi connectivity index (χ1n) is 11.5. The van der Waals surface area contributed by atoms with Gasteiger partial charge < -0.3 is 14.1 Å². The van der Waals surface area contributed by atoms with Crippen molar-refractivity contribution in [3.63, 3.8) is 0 Å². The molecule has 5 heterocycles. The van der Waals surface area contributed by atoms with Crippen LogP contribution >= 0.6 is 0 Å². The molecular formula is C25H19N7O5. The monoisotopic (exact) mass is 497 g/mol. The summed E-state index contributed by atoms with van der Waals surface area (Å²) in [7, 11) is 0. The number of aromatic nitrogens is 4. The number of pyridine rings is 2. The molecule has 0 aliphatic carbocycles. The third kappa shape index (κ3) is 3.93. The Morgan fingerprint density at radius 1 is 0.892 bits per heavy atom. The number of hydrogen-bond acceptors (Lipinski definition) is 10. The van der Waals surface area contributed by atoms with Crippen LogP contribution in [0, 0.1) is 0 Å². The highest BCUT2D eigenvalue weighted by atomic mass is 16.5. The Morgan fingerprint density at radius 2 is 1.65 bits per heavy atom. The molecule has 6 rings (SSSR count). The fourth-order valence-corrected chi connectivity index (χ4v) is 4.51. The molecular weight excluding hydrogens is 478 g/mol. The summed E-state index contributed by atoms with van der Waals surface area (Å²) in [6, 6.07) is 13.3. The average molecular weight is 497 g/mol. The number of nitrogens with zero attached hydrogens (tertiary/aromatic N) is 5. The van der Waals surface area contributed by atoms with Crippen molar-refractivity contribution in [3.05, 3.63) is 67.1 Å². The summed E-state index contributed by atoms with van der Waals surface area (Å²) in [6.07, 6.45) is 5.76. The van der Waals surface area contributed by atoms with Gasteiger partial charge in [-0.15, -0.1) is 10.2 Å². The van der Waals surface area contributed by atoms with Crippen molar-refractivity contribution in [1.82, 2.24) is 30.8 Å². The van der Waals surface area contributed by atoms with Crippen molar-refractivity contribution in [2.75, 3.05) is 11.4 Å². The molecule has 2 N–H and O–H groups in total. The molecule has 12 nitrogen and oxygen atoms in total. The van der Waals surface area contributed by atoms with Gasteiger partial charge in [0.1, 0.15) is 5.75 Å². The first-order chi connectivity index (χ1) is 18.0. The maximum Gasteiger partial charge on any atom is 0.328 e. The van der Waals surface area contributed by atoms with Crippen LogP contribution in [0.2, 0.25) is 0 Å². The second-order valence-electron chi connectivity index (χ2n) is 8.49. The van der Waals surface area contributed by atoms with Crippen molar-refractivity contribution >= 4 is 23.5 Å². The maximum absolute atomic E-state index is 12.6. The van der Waals surface area contributed by atoms with E-state index in [0.29, 0.717) is 48.5 Å². The van der Waals surface area contributed by atoms with Crippen molar-refractivity contribution in [2.24, 2.45) is 0 Å². The highest BCUT2D eigenvalue weighted by molar-refractivity contribution is 6.24. The van der Waals surface area contributed by atoms with Gasteiger partial charge in [0.25, 0.3) is 11.8 Å². The highest BCUT2D eigenvalue weighted by Crippen LogP contribution is 2.36. The summed E-state index contributed by atoms with van der Waals surface area (Å²) < 4.78 is 11.6. The van der Waals surface area contributed by atoms with E-state index in [4.69, 9.17) is 9.15 Å².